The van der Waals surface area contributed by atoms with Crippen LogP contribution in [0.4, 0.5) is 0 Å². The number of aliphatic hydroxyl groups excluding tert-OH is 1. The van der Waals surface area contributed by atoms with Crippen LogP contribution in [0.25, 0.3) is 0 Å². The number of aliphatic hydroxyl groups is 1. The molecule has 0 aliphatic heterocycles. The summed E-state index contributed by atoms with van der Waals surface area (Å²) in [6.07, 6.45) is 4.63. The van der Waals surface area contributed by atoms with Crippen molar-refractivity contribution in [3.05, 3.63) is 0 Å². The standard InChI is InChI=1S/C10H21NO/c1-3-7-11(2)8-9-5-4-6-10(9)12/h9-10,12H,3-8H2,1-2H3. The van der Waals surface area contributed by atoms with Gasteiger partial charge in [-0.05, 0) is 38.8 Å². The fourth-order valence-corrected chi connectivity index (χ4v) is 2.10. The number of hydrogen-bond acceptors (Lipinski definition) is 2. The molecular formula is C10H21NO. The smallest absolute Gasteiger partial charge is 0.0580 e. The Morgan fingerprint density at radius 3 is 2.67 bits per heavy atom. The lowest BCUT2D eigenvalue weighted by Gasteiger charge is -2.22. The molecule has 12 heavy (non-hydrogen) atoms. The number of hydrogen-bond donors (Lipinski definition) is 1. The minimum atomic E-state index is -0.0238. The van der Waals surface area contributed by atoms with Gasteiger partial charge in [0, 0.05) is 6.54 Å². The summed E-state index contributed by atoms with van der Waals surface area (Å²) < 4.78 is 0. The van der Waals surface area contributed by atoms with Crippen molar-refractivity contribution in [2.24, 2.45) is 5.92 Å². The molecule has 1 rings (SSSR count). The molecule has 0 radical (unpaired) electrons. The topological polar surface area (TPSA) is 23.5 Å². The Morgan fingerprint density at radius 1 is 1.42 bits per heavy atom. The zero-order chi connectivity index (χ0) is 8.97. The molecule has 72 valence electrons. The normalized spacial score (nSPS) is 30.0. The van der Waals surface area contributed by atoms with Gasteiger partial charge in [-0.2, -0.15) is 0 Å². The molecule has 0 aromatic rings. The Labute approximate surface area is 75.6 Å². The second-order valence-electron chi connectivity index (χ2n) is 4.02. The van der Waals surface area contributed by atoms with Crippen molar-refractivity contribution >= 4 is 0 Å². The van der Waals surface area contributed by atoms with Gasteiger partial charge in [-0.15, -0.1) is 0 Å². The first-order chi connectivity index (χ1) is 5.74. The highest BCUT2D eigenvalue weighted by Gasteiger charge is 2.25. The van der Waals surface area contributed by atoms with Crippen molar-refractivity contribution in [3.8, 4) is 0 Å². The van der Waals surface area contributed by atoms with E-state index in [0.717, 1.165) is 19.5 Å². The number of rotatable bonds is 4. The van der Waals surface area contributed by atoms with Crippen LogP contribution in [0.2, 0.25) is 0 Å². The molecule has 0 spiro atoms. The summed E-state index contributed by atoms with van der Waals surface area (Å²) in [6, 6.07) is 0. The van der Waals surface area contributed by atoms with Gasteiger partial charge in [-0.3, -0.25) is 0 Å². The van der Waals surface area contributed by atoms with Crippen molar-refractivity contribution in [3.63, 3.8) is 0 Å². The summed E-state index contributed by atoms with van der Waals surface area (Å²) >= 11 is 0. The van der Waals surface area contributed by atoms with E-state index in [1.807, 2.05) is 0 Å². The maximum atomic E-state index is 9.58. The zero-order valence-electron chi connectivity index (χ0n) is 8.29. The molecule has 2 atom stereocenters. The summed E-state index contributed by atoms with van der Waals surface area (Å²) in [5.74, 6) is 0.543. The third-order valence-electron chi connectivity index (χ3n) is 2.77. The van der Waals surface area contributed by atoms with Gasteiger partial charge in [-0.1, -0.05) is 13.3 Å². The number of nitrogens with zero attached hydrogens (tertiary/aromatic N) is 1. The van der Waals surface area contributed by atoms with Crippen LogP contribution in [0.1, 0.15) is 32.6 Å². The molecule has 0 aromatic carbocycles. The summed E-state index contributed by atoms with van der Waals surface area (Å²) in [5.41, 5.74) is 0. The van der Waals surface area contributed by atoms with E-state index in [-0.39, 0.29) is 6.10 Å². The van der Waals surface area contributed by atoms with Gasteiger partial charge in [-0.25, -0.2) is 0 Å². The summed E-state index contributed by atoms with van der Waals surface area (Å²) in [5, 5.41) is 9.58. The van der Waals surface area contributed by atoms with Gasteiger partial charge < -0.3 is 10.0 Å². The van der Waals surface area contributed by atoms with E-state index >= 15 is 0 Å². The van der Waals surface area contributed by atoms with Crippen LogP contribution in [-0.4, -0.2) is 36.2 Å². The lowest BCUT2D eigenvalue weighted by atomic mass is 10.1. The summed E-state index contributed by atoms with van der Waals surface area (Å²) in [4.78, 5) is 2.33. The predicted molar refractivity (Wildman–Crippen MR) is 51.1 cm³/mol. The summed E-state index contributed by atoms with van der Waals surface area (Å²) in [7, 11) is 2.15. The second kappa shape index (κ2) is 4.83. The molecule has 1 fully saturated rings. The predicted octanol–water partition coefficient (Wildman–Crippen LogP) is 1.49. The highest BCUT2D eigenvalue weighted by Crippen LogP contribution is 2.25. The summed E-state index contributed by atoms with van der Waals surface area (Å²) in [6.45, 7) is 4.43. The van der Waals surface area contributed by atoms with Gasteiger partial charge in [0.15, 0.2) is 0 Å². The quantitative estimate of drug-likeness (QED) is 0.692. The molecule has 0 heterocycles. The largest absolute Gasteiger partial charge is 0.393 e. The average molecular weight is 171 g/mol. The van der Waals surface area contributed by atoms with E-state index in [2.05, 4.69) is 18.9 Å². The van der Waals surface area contributed by atoms with Crippen LogP contribution in [0.15, 0.2) is 0 Å². The molecule has 2 nitrogen and oxygen atoms in total. The van der Waals surface area contributed by atoms with Crippen molar-refractivity contribution in [1.29, 1.82) is 0 Å². The van der Waals surface area contributed by atoms with Gasteiger partial charge in [0.1, 0.15) is 0 Å². The lowest BCUT2D eigenvalue weighted by molar-refractivity contribution is 0.109. The van der Waals surface area contributed by atoms with Gasteiger partial charge >= 0.3 is 0 Å². The molecule has 1 aliphatic rings. The molecule has 0 saturated heterocycles. The minimum Gasteiger partial charge on any atom is -0.393 e. The fraction of sp³-hybridized carbons (Fsp3) is 1.00. The van der Waals surface area contributed by atoms with Crippen molar-refractivity contribution in [2.75, 3.05) is 20.1 Å². The molecule has 1 aliphatic carbocycles. The molecule has 2 unspecified atom stereocenters. The molecule has 0 bridgehead atoms. The van der Waals surface area contributed by atoms with Crippen LogP contribution in [0, 0.1) is 5.92 Å². The third-order valence-corrected chi connectivity index (χ3v) is 2.77. The lowest BCUT2D eigenvalue weighted by Crippen LogP contribution is -2.30. The Bertz CT molecular complexity index is 127. The van der Waals surface area contributed by atoms with E-state index < -0.39 is 0 Å². The first-order valence-corrected chi connectivity index (χ1v) is 5.10. The van der Waals surface area contributed by atoms with Crippen LogP contribution < -0.4 is 0 Å². The average Bonchev–Trinajstić information content (AvgIpc) is 2.37. The third kappa shape index (κ3) is 2.76. The highest BCUT2D eigenvalue weighted by atomic mass is 16.3. The van der Waals surface area contributed by atoms with Crippen LogP contribution in [-0.2, 0) is 0 Å². The fourth-order valence-electron chi connectivity index (χ4n) is 2.10. The Morgan fingerprint density at radius 2 is 2.17 bits per heavy atom. The Hall–Kier alpha value is -0.0800. The minimum absolute atomic E-state index is 0.0238. The maximum absolute atomic E-state index is 9.58. The van der Waals surface area contributed by atoms with E-state index in [1.165, 1.54) is 19.3 Å². The van der Waals surface area contributed by atoms with Crippen LogP contribution in [0.3, 0.4) is 0 Å². The van der Waals surface area contributed by atoms with Gasteiger partial charge in [0.05, 0.1) is 6.10 Å². The van der Waals surface area contributed by atoms with Crippen molar-refractivity contribution in [2.45, 2.75) is 38.7 Å². The van der Waals surface area contributed by atoms with Crippen LogP contribution in [0.5, 0.6) is 0 Å². The monoisotopic (exact) mass is 171 g/mol. The Balaban J connectivity index is 2.20. The first-order valence-electron chi connectivity index (χ1n) is 5.10. The molecular weight excluding hydrogens is 150 g/mol. The van der Waals surface area contributed by atoms with Gasteiger partial charge in [0.25, 0.3) is 0 Å². The first kappa shape index (κ1) is 10.0. The highest BCUT2D eigenvalue weighted by molar-refractivity contribution is 4.78. The molecule has 0 aromatic heterocycles. The molecule has 1 saturated carbocycles. The zero-order valence-corrected chi connectivity index (χ0v) is 8.29. The van der Waals surface area contributed by atoms with Crippen LogP contribution >= 0.6 is 0 Å². The maximum Gasteiger partial charge on any atom is 0.0580 e. The second-order valence-corrected chi connectivity index (χ2v) is 4.02. The van der Waals surface area contributed by atoms with E-state index in [9.17, 15) is 5.11 Å². The van der Waals surface area contributed by atoms with Crippen molar-refractivity contribution < 1.29 is 5.11 Å². The van der Waals surface area contributed by atoms with Crippen molar-refractivity contribution in [1.82, 2.24) is 4.90 Å². The molecule has 2 heteroatoms. The molecule has 0 amide bonds. The van der Waals surface area contributed by atoms with E-state index in [0.29, 0.717) is 5.92 Å². The SMILES string of the molecule is CCCN(C)CC1CCCC1O. The van der Waals surface area contributed by atoms with E-state index in [1.54, 1.807) is 0 Å². The molecule has 1 N–H and O–H groups in total. The Kier molecular flexibility index (Phi) is 4.02. The van der Waals surface area contributed by atoms with E-state index in [4.69, 9.17) is 0 Å². The van der Waals surface area contributed by atoms with Gasteiger partial charge in [0.2, 0.25) is 0 Å².